The topological polar surface area (TPSA) is 79.8 Å². The molecule has 0 fully saturated rings. The van der Waals surface area contributed by atoms with Crippen molar-refractivity contribution in [3.05, 3.63) is 53.9 Å². The molecule has 6 nitrogen and oxygen atoms in total. The van der Waals surface area contributed by atoms with Crippen molar-refractivity contribution in [1.29, 1.82) is 0 Å². The van der Waals surface area contributed by atoms with Crippen molar-refractivity contribution in [2.75, 3.05) is 0 Å². The smallest absolute Gasteiger partial charge is 0.295 e. The Morgan fingerprint density at radius 3 is 2.70 bits per heavy atom. The van der Waals surface area contributed by atoms with Crippen LogP contribution in [0, 0.1) is 6.92 Å². The normalized spacial score (nSPS) is 11.4. The minimum atomic E-state index is -0.475. The van der Waals surface area contributed by atoms with Crippen molar-refractivity contribution < 1.29 is 9.90 Å². The molecule has 0 aliphatic rings. The zero-order chi connectivity index (χ0) is 16.4. The van der Waals surface area contributed by atoms with Gasteiger partial charge in [0.2, 0.25) is 5.88 Å². The molecule has 0 saturated heterocycles. The Labute approximate surface area is 133 Å². The average molecular weight is 308 g/mol. The van der Waals surface area contributed by atoms with E-state index < -0.39 is 5.91 Å². The van der Waals surface area contributed by atoms with Gasteiger partial charge < -0.3 is 9.67 Å². The van der Waals surface area contributed by atoms with E-state index in [0.717, 1.165) is 16.5 Å². The van der Waals surface area contributed by atoms with Crippen molar-refractivity contribution in [2.45, 2.75) is 20.4 Å². The van der Waals surface area contributed by atoms with Gasteiger partial charge in [0, 0.05) is 29.9 Å². The molecule has 2 aromatic heterocycles. The number of carbonyl (C=O) groups excluding carboxylic acids is 1. The SMILES string of the molecule is CCn1c(O)c(N=NC(=O)c2ccncc2)c2cc(C)ccc21. The summed E-state index contributed by atoms with van der Waals surface area (Å²) < 4.78 is 1.74. The molecule has 3 aromatic rings. The summed E-state index contributed by atoms with van der Waals surface area (Å²) in [6.45, 7) is 4.49. The van der Waals surface area contributed by atoms with Gasteiger partial charge in [-0.25, -0.2) is 0 Å². The molecule has 0 atom stereocenters. The third-order valence-corrected chi connectivity index (χ3v) is 3.65. The Bertz CT molecular complexity index is 898. The van der Waals surface area contributed by atoms with Crippen molar-refractivity contribution in [3.8, 4) is 5.88 Å². The molecule has 116 valence electrons. The average Bonchev–Trinajstić information content (AvgIpc) is 2.83. The fourth-order valence-corrected chi connectivity index (χ4v) is 2.50. The Morgan fingerprint density at radius 2 is 2.00 bits per heavy atom. The van der Waals surface area contributed by atoms with Crippen LogP contribution in [0.15, 0.2) is 53.0 Å². The van der Waals surface area contributed by atoms with E-state index in [2.05, 4.69) is 15.2 Å². The molecule has 0 saturated carbocycles. The number of amides is 1. The number of aromatic hydroxyl groups is 1. The molecule has 23 heavy (non-hydrogen) atoms. The summed E-state index contributed by atoms with van der Waals surface area (Å²) in [5, 5.41) is 18.9. The van der Waals surface area contributed by atoms with Crippen molar-refractivity contribution in [2.24, 2.45) is 10.2 Å². The molecule has 6 heteroatoms. The second-order valence-corrected chi connectivity index (χ2v) is 5.18. The van der Waals surface area contributed by atoms with E-state index >= 15 is 0 Å². The standard InChI is InChI=1S/C17H16N4O2/c1-3-21-14-5-4-11(2)10-13(14)15(17(21)23)19-20-16(22)12-6-8-18-9-7-12/h4-10,23H,3H2,1-2H3. The van der Waals surface area contributed by atoms with Crippen LogP contribution < -0.4 is 0 Å². The quantitative estimate of drug-likeness (QED) is 0.743. The lowest BCUT2D eigenvalue weighted by Gasteiger charge is -2.01. The highest BCUT2D eigenvalue weighted by atomic mass is 16.3. The zero-order valence-electron chi connectivity index (χ0n) is 12.9. The lowest BCUT2D eigenvalue weighted by molar-refractivity contribution is 0.0995. The van der Waals surface area contributed by atoms with Gasteiger partial charge in [0.1, 0.15) is 0 Å². The molecule has 1 aromatic carbocycles. The first-order valence-corrected chi connectivity index (χ1v) is 7.29. The number of hydrogen-bond donors (Lipinski definition) is 1. The number of rotatable bonds is 3. The molecule has 0 aliphatic carbocycles. The number of pyridine rings is 1. The Kier molecular flexibility index (Phi) is 3.89. The fourth-order valence-electron chi connectivity index (χ4n) is 2.50. The summed E-state index contributed by atoms with van der Waals surface area (Å²) >= 11 is 0. The number of fused-ring (bicyclic) bond motifs is 1. The molecule has 0 bridgehead atoms. The van der Waals surface area contributed by atoms with Gasteiger partial charge in [0.05, 0.1) is 5.52 Å². The van der Waals surface area contributed by atoms with E-state index in [-0.39, 0.29) is 5.88 Å². The van der Waals surface area contributed by atoms with Gasteiger partial charge in [-0.2, -0.15) is 0 Å². The summed E-state index contributed by atoms with van der Waals surface area (Å²) in [5.74, 6) is -0.462. The van der Waals surface area contributed by atoms with E-state index in [1.54, 1.807) is 16.7 Å². The lowest BCUT2D eigenvalue weighted by atomic mass is 10.1. The van der Waals surface area contributed by atoms with Crippen LogP contribution in [0.3, 0.4) is 0 Å². The molecule has 0 spiro atoms. The van der Waals surface area contributed by atoms with Gasteiger partial charge >= 0.3 is 0 Å². The summed E-state index contributed by atoms with van der Waals surface area (Å²) in [7, 11) is 0. The maximum atomic E-state index is 12.0. The van der Waals surface area contributed by atoms with Crippen LogP contribution in [0.4, 0.5) is 5.69 Å². The van der Waals surface area contributed by atoms with Gasteiger partial charge in [-0.05, 0) is 38.1 Å². The molecule has 3 rings (SSSR count). The number of benzene rings is 1. The van der Waals surface area contributed by atoms with Gasteiger partial charge in [-0.1, -0.05) is 11.6 Å². The number of aryl methyl sites for hydroxylation is 2. The van der Waals surface area contributed by atoms with Crippen LogP contribution in [0.2, 0.25) is 0 Å². The molecule has 0 unspecified atom stereocenters. The number of aromatic nitrogens is 2. The highest BCUT2D eigenvalue weighted by molar-refractivity contribution is 5.97. The van der Waals surface area contributed by atoms with Crippen LogP contribution in [-0.4, -0.2) is 20.6 Å². The number of hydrogen-bond acceptors (Lipinski definition) is 4. The van der Waals surface area contributed by atoms with Crippen LogP contribution in [0.25, 0.3) is 10.9 Å². The molecular weight excluding hydrogens is 292 g/mol. The first kappa shape index (κ1) is 14.9. The third kappa shape index (κ3) is 2.70. The second-order valence-electron chi connectivity index (χ2n) is 5.18. The maximum Gasteiger partial charge on any atom is 0.295 e. The van der Waals surface area contributed by atoms with Crippen molar-refractivity contribution >= 4 is 22.5 Å². The lowest BCUT2D eigenvalue weighted by Crippen LogP contribution is -1.93. The molecular formula is C17H16N4O2. The van der Waals surface area contributed by atoms with E-state index in [4.69, 9.17) is 0 Å². The summed E-state index contributed by atoms with van der Waals surface area (Å²) in [6, 6.07) is 8.96. The van der Waals surface area contributed by atoms with Gasteiger partial charge in [0.15, 0.2) is 5.69 Å². The van der Waals surface area contributed by atoms with Gasteiger partial charge in [-0.3, -0.25) is 9.78 Å². The Hall–Kier alpha value is -3.02. The molecule has 1 amide bonds. The van der Waals surface area contributed by atoms with E-state index in [1.807, 2.05) is 32.0 Å². The number of carbonyl (C=O) groups is 1. The van der Waals surface area contributed by atoms with Crippen LogP contribution in [0.5, 0.6) is 5.88 Å². The number of azo groups is 1. The van der Waals surface area contributed by atoms with Crippen LogP contribution in [0.1, 0.15) is 22.8 Å². The molecule has 0 aliphatic heterocycles. The van der Waals surface area contributed by atoms with Crippen LogP contribution >= 0.6 is 0 Å². The first-order valence-electron chi connectivity index (χ1n) is 7.29. The summed E-state index contributed by atoms with van der Waals surface area (Å²) in [4.78, 5) is 15.9. The second kappa shape index (κ2) is 6.00. The highest BCUT2D eigenvalue weighted by Gasteiger charge is 2.16. The van der Waals surface area contributed by atoms with E-state index in [1.165, 1.54) is 12.4 Å². The summed E-state index contributed by atoms with van der Waals surface area (Å²) in [6.07, 6.45) is 3.04. The fraction of sp³-hybridized carbons (Fsp3) is 0.176. The Balaban J connectivity index is 2.06. The third-order valence-electron chi connectivity index (χ3n) is 3.65. The minimum Gasteiger partial charge on any atom is -0.493 e. The predicted octanol–water partition coefficient (Wildman–Crippen LogP) is 3.99. The summed E-state index contributed by atoms with van der Waals surface area (Å²) in [5.41, 5.74) is 2.62. The largest absolute Gasteiger partial charge is 0.493 e. The molecule has 2 heterocycles. The van der Waals surface area contributed by atoms with Crippen LogP contribution in [-0.2, 0) is 6.54 Å². The Morgan fingerprint density at radius 1 is 1.26 bits per heavy atom. The zero-order valence-corrected chi connectivity index (χ0v) is 12.9. The van der Waals surface area contributed by atoms with Crippen molar-refractivity contribution in [3.63, 3.8) is 0 Å². The van der Waals surface area contributed by atoms with E-state index in [0.29, 0.717) is 17.8 Å². The molecule has 1 N–H and O–H groups in total. The number of nitrogens with zero attached hydrogens (tertiary/aromatic N) is 4. The van der Waals surface area contributed by atoms with E-state index in [9.17, 15) is 9.90 Å². The first-order chi connectivity index (χ1) is 11.1. The van der Waals surface area contributed by atoms with Crippen molar-refractivity contribution in [1.82, 2.24) is 9.55 Å². The highest BCUT2D eigenvalue weighted by Crippen LogP contribution is 2.39. The van der Waals surface area contributed by atoms with Gasteiger partial charge in [0.25, 0.3) is 5.91 Å². The maximum absolute atomic E-state index is 12.0. The monoisotopic (exact) mass is 308 g/mol. The molecule has 0 radical (unpaired) electrons. The van der Waals surface area contributed by atoms with Gasteiger partial charge in [-0.15, -0.1) is 10.2 Å². The minimum absolute atomic E-state index is 0.0133. The predicted molar refractivity (Wildman–Crippen MR) is 87.1 cm³/mol.